The quantitative estimate of drug-likeness (QED) is 0.256. The third-order valence-corrected chi connectivity index (χ3v) is 7.74. The number of rotatable bonds is 12. The van der Waals surface area contributed by atoms with E-state index in [2.05, 4.69) is 12.2 Å². The fourth-order valence-electron chi connectivity index (χ4n) is 5.01. The predicted molar refractivity (Wildman–Crippen MR) is 154 cm³/mol. The summed E-state index contributed by atoms with van der Waals surface area (Å²) in [5.74, 6) is -0.416. The Morgan fingerprint density at radius 2 is 1.66 bits per heavy atom. The largest absolute Gasteiger partial charge is 0.354 e. The summed E-state index contributed by atoms with van der Waals surface area (Å²) in [5, 5.41) is 5.84. The minimum absolute atomic E-state index is 0.0503. The highest BCUT2D eigenvalue weighted by molar-refractivity contribution is 6.36. The average Bonchev–Trinajstić information content (AvgIpc) is 3.18. The maximum absolute atomic E-state index is 13.6. The average molecular weight is 555 g/mol. The highest BCUT2D eigenvalue weighted by Crippen LogP contribution is 2.37. The van der Waals surface area contributed by atoms with E-state index in [0.717, 1.165) is 29.3 Å². The van der Waals surface area contributed by atoms with Crippen molar-refractivity contribution in [2.75, 3.05) is 18.0 Å². The molecule has 0 radical (unpaired) electrons. The minimum Gasteiger partial charge on any atom is -0.354 e. The maximum atomic E-state index is 13.6. The first-order valence-corrected chi connectivity index (χ1v) is 14.0. The van der Waals surface area contributed by atoms with Crippen LogP contribution in [0.5, 0.6) is 0 Å². The summed E-state index contributed by atoms with van der Waals surface area (Å²) < 4.78 is 0. The van der Waals surface area contributed by atoms with Gasteiger partial charge in [-0.3, -0.25) is 14.4 Å². The molecule has 1 unspecified atom stereocenters. The lowest BCUT2D eigenvalue weighted by Crippen LogP contribution is -2.49. The van der Waals surface area contributed by atoms with Crippen LogP contribution in [-0.4, -0.2) is 41.8 Å². The van der Waals surface area contributed by atoms with Crippen LogP contribution in [0.4, 0.5) is 5.69 Å². The van der Waals surface area contributed by atoms with Crippen molar-refractivity contribution in [2.24, 2.45) is 0 Å². The van der Waals surface area contributed by atoms with Gasteiger partial charge in [-0.15, -0.1) is 0 Å². The lowest BCUT2D eigenvalue weighted by Gasteiger charge is -2.31. The van der Waals surface area contributed by atoms with E-state index >= 15 is 0 Å². The van der Waals surface area contributed by atoms with Crippen LogP contribution in [0.3, 0.4) is 0 Å². The van der Waals surface area contributed by atoms with Crippen LogP contribution < -0.4 is 10.2 Å². The lowest BCUT2D eigenvalue weighted by atomic mass is 10.1. The highest BCUT2D eigenvalue weighted by Gasteiger charge is 2.31. The van der Waals surface area contributed by atoms with Gasteiger partial charge in [0.2, 0.25) is 11.8 Å². The minimum atomic E-state index is -0.655. The van der Waals surface area contributed by atoms with Crippen molar-refractivity contribution in [2.45, 2.75) is 58.5 Å². The lowest BCUT2D eigenvalue weighted by molar-refractivity contribution is -0.141. The van der Waals surface area contributed by atoms with Gasteiger partial charge < -0.3 is 15.1 Å². The second-order valence-electron chi connectivity index (χ2n) is 9.53. The summed E-state index contributed by atoms with van der Waals surface area (Å²) in [6.07, 6.45) is 2.91. The fourth-order valence-corrected chi connectivity index (χ4v) is 5.53. The summed E-state index contributed by atoms with van der Waals surface area (Å²) in [4.78, 5) is 43.2. The molecule has 1 aliphatic heterocycles. The van der Waals surface area contributed by atoms with E-state index in [1.165, 1.54) is 0 Å². The normalized spacial score (nSPS) is 13.2. The molecule has 0 fully saturated rings. The van der Waals surface area contributed by atoms with Crippen LogP contribution in [0.25, 0.3) is 10.8 Å². The molecule has 1 N–H and O–H groups in total. The molecule has 0 saturated heterocycles. The topological polar surface area (TPSA) is 69.7 Å². The Kier molecular flexibility index (Phi) is 9.29. The number of anilines is 1. The Balaban J connectivity index is 1.50. The van der Waals surface area contributed by atoms with Crippen LogP contribution >= 0.6 is 23.2 Å². The van der Waals surface area contributed by atoms with Crippen molar-refractivity contribution in [3.63, 3.8) is 0 Å². The number of carbonyl (C=O) groups excluding carboxylic acids is 3. The fraction of sp³-hybridized carbons (Fsp3) is 0.367. The molecule has 3 amide bonds. The van der Waals surface area contributed by atoms with Gasteiger partial charge in [-0.1, -0.05) is 73.8 Å². The van der Waals surface area contributed by atoms with Gasteiger partial charge in [0.05, 0.1) is 5.69 Å². The predicted octanol–water partition coefficient (Wildman–Crippen LogP) is 6.61. The van der Waals surface area contributed by atoms with Gasteiger partial charge in [0, 0.05) is 52.6 Å². The molecule has 4 rings (SSSR count). The molecule has 200 valence electrons. The molecule has 8 heteroatoms. The number of amides is 3. The molecule has 38 heavy (non-hydrogen) atoms. The van der Waals surface area contributed by atoms with Gasteiger partial charge in [0.25, 0.3) is 5.91 Å². The SMILES string of the molecule is CCCCNC(=O)C(CC)N(Cc1c(Cl)cccc1Cl)C(=O)CCCN1C(=O)c2cccc3cccc1c23. The van der Waals surface area contributed by atoms with E-state index in [1.807, 2.05) is 43.3 Å². The maximum Gasteiger partial charge on any atom is 0.258 e. The van der Waals surface area contributed by atoms with Gasteiger partial charge in [-0.25, -0.2) is 0 Å². The Bertz CT molecular complexity index is 1320. The molecule has 1 atom stereocenters. The van der Waals surface area contributed by atoms with Gasteiger partial charge in [0.15, 0.2) is 0 Å². The summed E-state index contributed by atoms with van der Waals surface area (Å²) in [6.45, 7) is 5.04. The molecule has 1 aliphatic rings. The number of halogens is 2. The molecular weight excluding hydrogens is 521 g/mol. The zero-order valence-electron chi connectivity index (χ0n) is 21.8. The Labute approximate surface area is 233 Å². The van der Waals surface area contributed by atoms with Crippen LogP contribution in [0.15, 0.2) is 54.6 Å². The molecule has 0 aromatic heterocycles. The number of unbranched alkanes of at least 4 members (excludes halogenated alkanes) is 1. The second-order valence-corrected chi connectivity index (χ2v) is 10.3. The number of nitrogens with one attached hydrogen (secondary N) is 1. The molecule has 1 heterocycles. The summed E-state index contributed by atoms with van der Waals surface area (Å²) in [5.41, 5.74) is 2.17. The van der Waals surface area contributed by atoms with Crippen molar-refractivity contribution in [3.8, 4) is 0 Å². The van der Waals surface area contributed by atoms with Gasteiger partial charge in [0.1, 0.15) is 6.04 Å². The van der Waals surface area contributed by atoms with E-state index in [9.17, 15) is 14.4 Å². The standard InChI is InChI=1S/C30H33Cl2N3O3/c1-3-5-17-33-29(37)25(4-2)35(19-22-23(31)13-8-14-24(22)32)27(36)16-9-18-34-26-15-7-11-20-10-6-12-21(28(20)26)30(34)38/h6-8,10-15,25H,3-5,9,16-19H2,1-2H3,(H,33,37). The van der Waals surface area contributed by atoms with Crippen molar-refractivity contribution in [1.82, 2.24) is 10.2 Å². The second kappa shape index (κ2) is 12.6. The molecule has 0 aliphatic carbocycles. The Hall–Kier alpha value is -3.09. The number of hydrogen-bond acceptors (Lipinski definition) is 3. The van der Waals surface area contributed by atoms with Gasteiger partial charge in [-0.05, 0) is 48.9 Å². The van der Waals surface area contributed by atoms with E-state index in [-0.39, 0.29) is 30.7 Å². The summed E-state index contributed by atoms with van der Waals surface area (Å²) in [6, 6.07) is 16.2. The first kappa shape index (κ1) is 27.9. The van der Waals surface area contributed by atoms with E-state index in [4.69, 9.17) is 23.2 Å². The molecule has 0 saturated carbocycles. The van der Waals surface area contributed by atoms with Crippen LogP contribution in [-0.2, 0) is 16.1 Å². The van der Waals surface area contributed by atoms with Crippen LogP contribution in [0.1, 0.15) is 61.9 Å². The van der Waals surface area contributed by atoms with Crippen molar-refractivity contribution in [1.29, 1.82) is 0 Å². The van der Waals surface area contributed by atoms with Gasteiger partial charge in [-0.2, -0.15) is 0 Å². The molecule has 0 spiro atoms. The van der Waals surface area contributed by atoms with Crippen molar-refractivity contribution in [3.05, 3.63) is 75.8 Å². The molecule has 0 bridgehead atoms. The first-order chi connectivity index (χ1) is 18.4. The van der Waals surface area contributed by atoms with Crippen LogP contribution in [0.2, 0.25) is 10.0 Å². The first-order valence-electron chi connectivity index (χ1n) is 13.2. The molecule has 3 aromatic carbocycles. The van der Waals surface area contributed by atoms with E-state index in [0.29, 0.717) is 47.1 Å². The molecule has 6 nitrogen and oxygen atoms in total. The zero-order chi connectivity index (χ0) is 27.2. The highest BCUT2D eigenvalue weighted by atomic mass is 35.5. The summed E-state index contributed by atoms with van der Waals surface area (Å²) in [7, 11) is 0. The molecular formula is C30H33Cl2N3O3. The summed E-state index contributed by atoms with van der Waals surface area (Å²) >= 11 is 12.9. The van der Waals surface area contributed by atoms with Gasteiger partial charge >= 0.3 is 0 Å². The third-order valence-electron chi connectivity index (χ3n) is 7.03. The monoisotopic (exact) mass is 553 g/mol. The number of nitrogens with zero attached hydrogens (tertiary/aromatic N) is 2. The Morgan fingerprint density at radius 1 is 0.974 bits per heavy atom. The van der Waals surface area contributed by atoms with E-state index < -0.39 is 6.04 Å². The zero-order valence-corrected chi connectivity index (χ0v) is 23.3. The Morgan fingerprint density at radius 3 is 2.34 bits per heavy atom. The smallest absolute Gasteiger partial charge is 0.258 e. The van der Waals surface area contributed by atoms with E-state index in [1.54, 1.807) is 28.0 Å². The number of hydrogen-bond donors (Lipinski definition) is 1. The number of benzene rings is 3. The van der Waals surface area contributed by atoms with Crippen molar-refractivity contribution < 1.29 is 14.4 Å². The number of carbonyl (C=O) groups is 3. The molecule has 3 aromatic rings. The third kappa shape index (κ3) is 5.82. The van der Waals surface area contributed by atoms with Crippen molar-refractivity contribution >= 4 is 57.4 Å². The van der Waals surface area contributed by atoms with Crippen LogP contribution in [0, 0.1) is 0 Å².